The van der Waals surface area contributed by atoms with Gasteiger partial charge in [-0.1, -0.05) is 6.07 Å². The van der Waals surface area contributed by atoms with Gasteiger partial charge < -0.3 is 5.73 Å². The molecule has 18 heavy (non-hydrogen) atoms. The lowest BCUT2D eigenvalue weighted by Gasteiger charge is -2.05. The van der Waals surface area contributed by atoms with Crippen LogP contribution in [0.1, 0.15) is 22.5 Å². The summed E-state index contributed by atoms with van der Waals surface area (Å²) in [5, 5.41) is 4.02. The van der Waals surface area contributed by atoms with Crippen molar-refractivity contribution in [1.29, 1.82) is 0 Å². The van der Waals surface area contributed by atoms with E-state index in [-0.39, 0.29) is 23.5 Å². The van der Waals surface area contributed by atoms with Crippen LogP contribution in [0.2, 0.25) is 0 Å². The summed E-state index contributed by atoms with van der Waals surface area (Å²) in [7, 11) is 1.82. The molecule has 1 aromatic carbocycles. The van der Waals surface area contributed by atoms with Gasteiger partial charge in [-0.05, 0) is 24.6 Å². The summed E-state index contributed by atoms with van der Waals surface area (Å²) in [5.74, 6) is -0.713. The van der Waals surface area contributed by atoms with Crippen molar-refractivity contribution in [2.24, 2.45) is 7.05 Å². The largest absolute Gasteiger partial charge is 0.396 e. The quantitative estimate of drug-likeness (QED) is 0.663. The highest BCUT2D eigenvalue weighted by atomic mass is 19.1. The Kier molecular flexibility index (Phi) is 3.41. The first kappa shape index (κ1) is 12.3. The van der Waals surface area contributed by atoms with Gasteiger partial charge >= 0.3 is 0 Å². The van der Waals surface area contributed by atoms with Crippen molar-refractivity contribution in [1.82, 2.24) is 9.78 Å². The van der Waals surface area contributed by atoms with Crippen LogP contribution in [0.5, 0.6) is 0 Å². The van der Waals surface area contributed by atoms with Crippen LogP contribution in [0.4, 0.5) is 10.1 Å². The number of ketones is 1. The summed E-state index contributed by atoms with van der Waals surface area (Å²) in [6.07, 6.45) is 2.52. The minimum Gasteiger partial charge on any atom is -0.396 e. The standard InChI is InChI=1S/C13H14FN3O/c1-17-9(7-8-16-17)5-6-12(18)10-3-2-4-11(14)13(10)15/h2-4,7-8H,5-6,15H2,1H3. The zero-order valence-electron chi connectivity index (χ0n) is 10.1. The maximum absolute atomic E-state index is 13.2. The number of halogens is 1. The Morgan fingerprint density at radius 1 is 1.44 bits per heavy atom. The van der Waals surface area contributed by atoms with E-state index >= 15 is 0 Å². The van der Waals surface area contributed by atoms with E-state index in [1.165, 1.54) is 12.1 Å². The summed E-state index contributed by atoms with van der Waals surface area (Å²) in [5.41, 5.74) is 6.68. The topological polar surface area (TPSA) is 60.9 Å². The first-order valence-electron chi connectivity index (χ1n) is 5.63. The summed E-state index contributed by atoms with van der Waals surface area (Å²) in [6.45, 7) is 0. The van der Waals surface area contributed by atoms with Gasteiger partial charge in [-0.3, -0.25) is 9.48 Å². The predicted molar refractivity (Wildman–Crippen MR) is 66.7 cm³/mol. The van der Waals surface area contributed by atoms with Crippen molar-refractivity contribution >= 4 is 11.5 Å². The minimum atomic E-state index is -0.554. The molecule has 0 fully saturated rings. The van der Waals surface area contributed by atoms with Crippen LogP contribution < -0.4 is 5.73 Å². The van der Waals surface area contributed by atoms with E-state index in [1.807, 2.05) is 13.1 Å². The fourth-order valence-corrected chi connectivity index (χ4v) is 1.80. The number of anilines is 1. The van der Waals surface area contributed by atoms with Gasteiger partial charge in [0.2, 0.25) is 0 Å². The van der Waals surface area contributed by atoms with Crippen molar-refractivity contribution in [3.63, 3.8) is 0 Å². The monoisotopic (exact) mass is 247 g/mol. The van der Waals surface area contributed by atoms with E-state index in [9.17, 15) is 9.18 Å². The lowest BCUT2D eigenvalue weighted by Crippen LogP contribution is -2.08. The third-order valence-corrected chi connectivity index (χ3v) is 2.88. The third-order valence-electron chi connectivity index (χ3n) is 2.88. The number of carbonyl (C=O) groups is 1. The fraction of sp³-hybridized carbons (Fsp3) is 0.231. The van der Waals surface area contributed by atoms with Crippen LogP contribution in [0.3, 0.4) is 0 Å². The van der Waals surface area contributed by atoms with Crippen LogP contribution >= 0.6 is 0 Å². The van der Waals surface area contributed by atoms with Crippen LogP contribution in [0.25, 0.3) is 0 Å². The number of carbonyl (C=O) groups excluding carboxylic acids is 1. The summed E-state index contributed by atoms with van der Waals surface area (Å²) < 4.78 is 14.9. The van der Waals surface area contributed by atoms with E-state index in [2.05, 4.69) is 5.10 Å². The van der Waals surface area contributed by atoms with Crippen molar-refractivity contribution < 1.29 is 9.18 Å². The number of Topliss-reactive ketones (excluding diaryl/α,β-unsaturated/α-hetero) is 1. The molecule has 0 unspecified atom stereocenters. The number of hydrogen-bond acceptors (Lipinski definition) is 3. The Labute approximate surface area is 104 Å². The molecule has 4 nitrogen and oxygen atoms in total. The second-order valence-corrected chi connectivity index (χ2v) is 4.07. The number of rotatable bonds is 4. The smallest absolute Gasteiger partial charge is 0.165 e. The number of hydrogen-bond donors (Lipinski definition) is 1. The molecule has 94 valence electrons. The molecule has 0 atom stereocenters. The molecule has 0 aliphatic carbocycles. The molecule has 5 heteroatoms. The summed E-state index contributed by atoms with van der Waals surface area (Å²) in [6, 6.07) is 6.13. The Bertz CT molecular complexity index is 577. The van der Waals surface area contributed by atoms with Crippen LogP contribution in [-0.2, 0) is 13.5 Å². The highest BCUT2D eigenvalue weighted by molar-refractivity contribution is 6.00. The van der Waals surface area contributed by atoms with Crippen molar-refractivity contribution in [3.05, 3.63) is 47.5 Å². The molecule has 0 saturated heterocycles. The first-order chi connectivity index (χ1) is 8.59. The van der Waals surface area contributed by atoms with Gasteiger partial charge in [0.25, 0.3) is 0 Å². The number of para-hydroxylation sites is 1. The number of nitrogen functional groups attached to an aromatic ring is 1. The number of aryl methyl sites for hydroxylation is 2. The molecule has 1 aromatic heterocycles. The Morgan fingerprint density at radius 2 is 2.22 bits per heavy atom. The second-order valence-electron chi connectivity index (χ2n) is 4.07. The molecule has 0 spiro atoms. The molecule has 0 aliphatic rings. The van der Waals surface area contributed by atoms with Crippen LogP contribution in [-0.4, -0.2) is 15.6 Å². The molecule has 0 aliphatic heterocycles. The number of aromatic nitrogens is 2. The zero-order chi connectivity index (χ0) is 13.1. The summed E-state index contributed by atoms with van der Waals surface area (Å²) in [4.78, 5) is 11.9. The zero-order valence-corrected chi connectivity index (χ0v) is 10.1. The van der Waals surface area contributed by atoms with Gasteiger partial charge in [0, 0.05) is 30.9 Å². The second kappa shape index (κ2) is 5.00. The lowest BCUT2D eigenvalue weighted by atomic mass is 10.0. The van der Waals surface area contributed by atoms with Crippen LogP contribution in [0.15, 0.2) is 30.5 Å². The maximum Gasteiger partial charge on any atom is 0.165 e. The predicted octanol–water partition coefficient (Wildman–Crippen LogP) is 1.96. The average Bonchev–Trinajstić information content (AvgIpc) is 2.75. The lowest BCUT2D eigenvalue weighted by molar-refractivity contribution is 0.0983. The molecule has 2 aromatic rings. The minimum absolute atomic E-state index is 0.0764. The van der Waals surface area contributed by atoms with Gasteiger partial charge in [0.1, 0.15) is 5.82 Å². The molecular weight excluding hydrogens is 233 g/mol. The average molecular weight is 247 g/mol. The van der Waals surface area contributed by atoms with E-state index in [1.54, 1.807) is 16.9 Å². The van der Waals surface area contributed by atoms with Gasteiger partial charge in [-0.25, -0.2) is 4.39 Å². The molecule has 2 rings (SSSR count). The molecule has 0 radical (unpaired) electrons. The first-order valence-corrected chi connectivity index (χ1v) is 5.63. The van der Waals surface area contributed by atoms with E-state index in [0.717, 1.165) is 5.69 Å². The molecule has 0 amide bonds. The fourth-order valence-electron chi connectivity index (χ4n) is 1.80. The third kappa shape index (κ3) is 2.40. The van der Waals surface area contributed by atoms with Crippen molar-refractivity contribution in [2.75, 3.05) is 5.73 Å². The number of nitrogens with two attached hydrogens (primary N) is 1. The van der Waals surface area contributed by atoms with E-state index < -0.39 is 5.82 Å². The molecule has 0 bridgehead atoms. The summed E-state index contributed by atoms with van der Waals surface area (Å²) >= 11 is 0. The van der Waals surface area contributed by atoms with Gasteiger partial charge in [-0.15, -0.1) is 0 Å². The molecule has 0 saturated carbocycles. The highest BCUT2D eigenvalue weighted by Gasteiger charge is 2.13. The van der Waals surface area contributed by atoms with E-state index in [0.29, 0.717) is 6.42 Å². The Hall–Kier alpha value is -2.17. The van der Waals surface area contributed by atoms with Crippen molar-refractivity contribution in [3.8, 4) is 0 Å². The van der Waals surface area contributed by atoms with Crippen LogP contribution in [0, 0.1) is 5.82 Å². The maximum atomic E-state index is 13.2. The SMILES string of the molecule is Cn1nccc1CCC(=O)c1cccc(F)c1N. The normalized spacial score (nSPS) is 10.6. The molecular formula is C13H14FN3O. The highest BCUT2D eigenvalue weighted by Crippen LogP contribution is 2.18. The van der Waals surface area contributed by atoms with Gasteiger partial charge in [0.05, 0.1) is 5.69 Å². The molecule has 1 heterocycles. The van der Waals surface area contributed by atoms with Gasteiger partial charge in [-0.2, -0.15) is 5.10 Å². The Morgan fingerprint density at radius 3 is 2.89 bits per heavy atom. The molecule has 2 N–H and O–H groups in total. The Balaban J connectivity index is 2.09. The van der Waals surface area contributed by atoms with Crippen molar-refractivity contribution in [2.45, 2.75) is 12.8 Å². The number of nitrogens with zero attached hydrogens (tertiary/aromatic N) is 2. The van der Waals surface area contributed by atoms with Gasteiger partial charge in [0.15, 0.2) is 5.78 Å². The van der Waals surface area contributed by atoms with E-state index in [4.69, 9.17) is 5.73 Å². The number of benzene rings is 1.